The molecule has 0 bridgehead atoms. The SMILES string of the molecule is O=C(C[C@H](NC(=O)c1ccccc1Cl)c1ccccc1)NCc1ccncc1. The van der Waals surface area contributed by atoms with Crippen LogP contribution in [0.4, 0.5) is 0 Å². The maximum absolute atomic E-state index is 12.7. The summed E-state index contributed by atoms with van der Waals surface area (Å²) in [5.41, 5.74) is 2.18. The first-order valence-electron chi connectivity index (χ1n) is 8.89. The van der Waals surface area contributed by atoms with Crippen LogP contribution in [0.25, 0.3) is 0 Å². The van der Waals surface area contributed by atoms with Crippen molar-refractivity contribution in [1.82, 2.24) is 15.6 Å². The Hall–Kier alpha value is -3.18. The van der Waals surface area contributed by atoms with E-state index in [1.165, 1.54) is 0 Å². The van der Waals surface area contributed by atoms with Crippen molar-refractivity contribution in [1.29, 1.82) is 0 Å². The fourth-order valence-corrected chi connectivity index (χ4v) is 3.00. The summed E-state index contributed by atoms with van der Waals surface area (Å²) in [6.07, 6.45) is 3.47. The molecule has 2 amide bonds. The minimum atomic E-state index is -0.470. The molecule has 0 aliphatic carbocycles. The summed E-state index contributed by atoms with van der Waals surface area (Å²) in [5, 5.41) is 6.17. The van der Waals surface area contributed by atoms with Gasteiger partial charge in [0, 0.05) is 18.9 Å². The van der Waals surface area contributed by atoms with Gasteiger partial charge in [-0.1, -0.05) is 54.1 Å². The zero-order chi connectivity index (χ0) is 19.8. The zero-order valence-corrected chi connectivity index (χ0v) is 15.9. The highest BCUT2D eigenvalue weighted by atomic mass is 35.5. The molecular weight excluding hydrogens is 374 g/mol. The summed E-state index contributed by atoms with van der Waals surface area (Å²) < 4.78 is 0. The number of nitrogens with one attached hydrogen (secondary N) is 2. The van der Waals surface area contributed by atoms with Crippen molar-refractivity contribution in [3.63, 3.8) is 0 Å². The maximum Gasteiger partial charge on any atom is 0.253 e. The molecule has 1 heterocycles. The standard InChI is InChI=1S/C22H20ClN3O2/c23-19-9-5-4-8-18(19)22(28)26-20(17-6-2-1-3-7-17)14-21(27)25-15-16-10-12-24-13-11-16/h1-13,20H,14-15H2,(H,25,27)(H,26,28)/t20-/m0/s1. The molecule has 0 spiro atoms. The number of hydrogen-bond acceptors (Lipinski definition) is 3. The molecule has 2 N–H and O–H groups in total. The molecule has 0 fully saturated rings. The average Bonchev–Trinajstić information content (AvgIpc) is 2.73. The lowest BCUT2D eigenvalue weighted by Crippen LogP contribution is -2.33. The fraction of sp³-hybridized carbons (Fsp3) is 0.136. The normalized spacial score (nSPS) is 11.5. The first-order chi connectivity index (χ1) is 13.6. The summed E-state index contributed by atoms with van der Waals surface area (Å²) in [4.78, 5) is 29.1. The van der Waals surface area contributed by atoms with E-state index in [4.69, 9.17) is 11.6 Å². The minimum Gasteiger partial charge on any atom is -0.352 e. The Morgan fingerprint density at radius 2 is 1.61 bits per heavy atom. The van der Waals surface area contributed by atoms with Crippen LogP contribution in [0.3, 0.4) is 0 Å². The van der Waals surface area contributed by atoms with E-state index in [0.717, 1.165) is 11.1 Å². The van der Waals surface area contributed by atoms with E-state index in [2.05, 4.69) is 15.6 Å². The number of rotatable bonds is 7. The van der Waals surface area contributed by atoms with Crippen LogP contribution in [0.15, 0.2) is 79.1 Å². The van der Waals surface area contributed by atoms with Crippen LogP contribution in [-0.2, 0) is 11.3 Å². The topological polar surface area (TPSA) is 71.1 Å². The molecule has 1 atom stereocenters. The third-order valence-corrected chi connectivity index (χ3v) is 4.58. The average molecular weight is 394 g/mol. The zero-order valence-electron chi connectivity index (χ0n) is 15.1. The number of carbonyl (C=O) groups is 2. The Morgan fingerprint density at radius 1 is 0.929 bits per heavy atom. The summed E-state index contributed by atoms with van der Waals surface area (Å²) in [7, 11) is 0. The second-order valence-corrected chi connectivity index (χ2v) is 6.66. The molecular formula is C22H20ClN3O2. The molecule has 142 valence electrons. The number of pyridine rings is 1. The van der Waals surface area contributed by atoms with Crippen LogP contribution in [-0.4, -0.2) is 16.8 Å². The number of halogens is 1. The van der Waals surface area contributed by atoms with Crippen molar-refractivity contribution in [2.24, 2.45) is 0 Å². The van der Waals surface area contributed by atoms with Crippen LogP contribution in [0.2, 0.25) is 5.02 Å². The van der Waals surface area contributed by atoms with Gasteiger partial charge in [0.25, 0.3) is 5.91 Å². The largest absolute Gasteiger partial charge is 0.352 e. The quantitative estimate of drug-likeness (QED) is 0.639. The molecule has 3 rings (SSSR count). The van der Waals surface area contributed by atoms with Crippen molar-refractivity contribution < 1.29 is 9.59 Å². The van der Waals surface area contributed by atoms with Gasteiger partial charge in [0.2, 0.25) is 5.91 Å². The molecule has 3 aromatic rings. The van der Waals surface area contributed by atoms with Crippen molar-refractivity contribution in [3.05, 3.63) is 101 Å². The number of nitrogens with zero attached hydrogens (tertiary/aromatic N) is 1. The Kier molecular flexibility index (Phi) is 6.76. The summed E-state index contributed by atoms with van der Waals surface area (Å²) >= 11 is 6.13. The van der Waals surface area contributed by atoms with Gasteiger partial charge in [0.1, 0.15) is 0 Å². The number of amides is 2. The molecule has 0 aliphatic rings. The first kappa shape index (κ1) is 19.6. The molecule has 0 saturated heterocycles. The second kappa shape index (κ2) is 9.67. The van der Waals surface area contributed by atoms with E-state index < -0.39 is 6.04 Å². The maximum atomic E-state index is 12.7. The van der Waals surface area contributed by atoms with E-state index in [1.54, 1.807) is 36.7 Å². The highest BCUT2D eigenvalue weighted by Gasteiger charge is 2.20. The highest BCUT2D eigenvalue weighted by Crippen LogP contribution is 2.20. The lowest BCUT2D eigenvalue weighted by molar-refractivity contribution is -0.121. The van der Waals surface area contributed by atoms with Gasteiger partial charge in [0.05, 0.1) is 23.0 Å². The van der Waals surface area contributed by atoms with Gasteiger partial charge in [-0.15, -0.1) is 0 Å². The number of aromatic nitrogens is 1. The van der Waals surface area contributed by atoms with E-state index in [-0.39, 0.29) is 18.2 Å². The predicted molar refractivity (Wildman–Crippen MR) is 109 cm³/mol. The molecule has 6 heteroatoms. The lowest BCUT2D eigenvalue weighted by atomic mass is 10.0. The van der Waals surface area contributed by atoms with Crippen molar-refractivity contribution >= 4 is 23.4 Å². The molecule has 0 radical (unpaired) electrons. The van der Waals surface area contributed by atoms with Gasteiger partial charge in [-0.3, -0.25) is 14.6 Å². The van der Waals surface area contributed by atoms with Crippen LogP contribution in [0.5, 0.6) is 0 Å². The Labute approximate surface area is 168 Å². The predicted octanol–water partition coefficient (Wildman–Crippen LogP) is 3.91. The summed E-state index contributed by atoms with van der Waals surface area (Å²) in [6.45, 7) is 0.404. The van der Waals surface area contributed by atoms with Gasteiger partial charge in [-0.05, 0) is 35.4 Å². The van der Waals surface area contributed by atoms with Crippen molar-refractivity contribution in [2.45, 2.75) is 19.0 Å². The third kappa shape index (κ3) is 5.41. The highest BCUT2D eigenvalue weighted by molar-refractivity contribution is 6.33. The minimum absolute atomic E-state index is 0.116. The second-order valence-electron chi connectivity index (χ2n) is 6.25. The lowest BCUT2D eigenvalue weighted by Gasteiger charge is -2.19. The number of hydrogen-bond donors (Lipinski definition) is 2. The number of carbonyl (C=O) groups excluding carboxylic acids is 2. The van der Waals surface area contributed by atoms with Gasteiger partial charge >= 0.3 is 0 Å². The van der Waals surface area contributed by atoms with Crippen molar-refractivity contribution in [2.75, 3.05) is 0 Å². The van der Waals surface area contributed by atoms with Gasteiger partial charge in [-0.2, -0.15) is 0 Å². The van der Waals surface area contributed by atoms with Crippen LogP contribution in [0, 0.1) is 0 Å². The van der Waals surface area contributed by atoms with E-state index in [1.807, 2.05) is 42.5 Å². The molecule has 2 aromatic carbocycles. The Morgan fingerprint density at radius 3 is 2.32 bits per heavy atom. The molecule has 5 nitrogen and oxygen atoms in total. The summed E-state index contributed by atoms with van der Waals surface area (Å²) in [5.74, 6) is -0.480. The molecule has 0 saturated carbocycles. The van der Waals surface area contributed by atoms with E-state index in [0.29, 0.717) is 17.1 Å². The fourth-order valence-electron chi connectivity index (χ4n) is 2.78. The summed E-state index contributed by atoms with van der Waals surface area (Å²) in [6, 6.07) is 19.4. The van der Waals surface area contributed by atoms with Gasteiger partial charge in [-0.25, -0.2) is 0 Å². The van der Waals surface area contributed by atoms with Crippen LogP contribution < -0.4 is 10.6 Å². The number of benzene rings is 2. The smallest absolute Gasteiger partial charge is 0.253 e. The monoisotopic (exact) mass is 393 g/mol. The van der Waals surface area contributed by atoms with E-state index in [9.17, 15) is 9.59 Å². The van der Waals surface area contributed by atoms with Crippen LogP contribution >= 0.6 is 11.6 Å². The molecule has 28 heavy (non-hydrogen) atoms. The third-order valence-electron chi connectivity index (χ3n) is 4.25. The van der Waals surface area contributed by atoms with Gasteiger partial charge in [0.15, 0.2) is 0 Å². The van der Waals surface area contributed by atoms with Crippen molar-refractivity contribution in [3.8, 4) is 0 Å². The molecule has 0 aliphatic heterocycles. The molecule has 1 aromatic heterocycles. The van der Waals surface area contributed by atoms with Crippen LogP contribution in [0.1, 0.15) is 33.9 Å². The molecule has 0 unspecified atom stereocenters. The van der Waals surface area contributed by atoms with Gasteiger partial charge < -0.3 is 10.6 Å². The first-order valence-corrected chi connectivity index (χ1v) is 9.27. The van der Waals surface area contributed by atoms with E-state index >= 15 is 0 Å². The Balaban J connectivity index is 1.70. The Bertz CT molecular complexity index is 933.